The van der Waals surface area contributed by atoms with Crippen LogP contribution < -0.4 is 0 Å². The maximum Gasteiger partial charge on any atom is 0.164 e. The zero-order valence-electron chi connectivity index (χ0n) is 24.9. The van der Waals surface area contributed by atoms with E-state index in [-0.39, 0.29) is 0 Å². The maximum atomic E-state index is 5.02. The molecule has 0 saturated heterocycles. The highest BCUT2D eigenvalue weighted by atomic mass is 15.0. The predicted octanol–water partition coefficient (Wildman–Crippen LogP) is 10.7. The molecule has 7 aromatic rings. The standard InChI is InChI=1S/C41H30N4/c1-3-13-33-27-37(35-20-10-11-21-36(35)38(33)42-2)32-18-12-19-34(26-32)41-44-39(30-16-8-5-9-17-30)43-40(45-41)31-24-22-29(23-25-31)28-14-6-4-7-15-28/h3-27H,2H2,1H3/b13-3-. The average molecular weight is 579 g/mol. The fraction of sp³-hybridized carbons (Fsp3) is 0.0244. The normalized spacial score (nSPS) is 11.2. The summed E-state index contributed by atoms with van der Waals surface area (Å²) in [5, 5.41) is 2.18. The van der Waals surface area contributed by atoms with Crippen LogP contribution in [0.3, 0.4) is 0 Å². The Balaban J connectivity index is 1.37. The van der Waals surface area contributed by atoms with Crippen molar-refractivity contribution >= 4 is 29.3 Å². The molecule has 0 N–H and O–H groups in total. The second-order valence-electron chi connectivity index (χ2n) is 10.8. The first kappa shape index (κ1) is 27.8. The monoisotopic (exact) mass is 578 g/mol. The first-order valence-corrected chi connectivity index (χ1v) is 14.9. The maximum absolute atomic E-state index is 5.02. The second kappa shape index (κ2) is 12.3. The van der Waals surface area contributed by atoms with Gasteiger partial charge in [0.05, 0.1) is 5.69 Å². The summed E-state index contributed by atoms with van der Waals surface area (Å²) >= 11 is 0. The molecule has 0 amide bonds. The highest BCUT2D eigenvalue weighted by Gasteiger charge is 2.15. The van der Waals surface area contributed by atoms with Crippen molar-refractivity contribution in [3.8, 4) is 56.4 Å². The Hall–Kier alpha value is -6.00. The molecule has 0 atom stereocenters. The van der Waals surface area contributed by atoms with Gasteiger partial charge >= 0.3 is 0 Å². The molecule has 0 aliphatic rings. The van der Waals surface area contributed by atoms with Crippen LogP contribution in [0.1, 0.15) is 12.5 Å². The third-order valence-corrected chi connectivity index (χ3v) is 7.90. The SMILES string of the molecule is C=Nc1c(/C=C\C)cc(-c2cccc(-c3nc(-c4ccccc4)nc(-c4ccc(-c5ccccc5)cc4)n3)c2)c2ccccc12. The summed E-state index contributed by atoms with van der Waals surface area (Å²) in [5.74, 6) is 1.89. The molecule has 0 unspecified atom stereocenters. The molecule has 1 aromatic heterocycles. The van der Waals surface area contributed by atoms with E-state index in [2.05, 4.69) is 115 Å². The first-order chi connectivity index (χ1) is 22.2. The summed E-state index contributed by atoms with van der Waals surface area (Å²) < 4.78 is 0. The van der Waals surface area contributed by atoms with Gasteiger partial charge in [-0.1, -0.05) is 140 Å². The lowest BCUT2D eigenvalue weighted by Crippen LogP contribution is -2.00. The summed E-state index contributed by atoms with van der Waals surface area (Å²) in [6.07, 6.45) is 4.11. The minimum atomic E-state index is 0.621. The van der Waals surface area contributed by atoms with Gasteiger partial charge in [-0.15, -0.1) is 0 Å². The van der Waals surface area contributed by atoms with Gasteiger partial charge in [0.25, 0.3) is 0 Å². The Bertz CT molecular complexity index is 2170. The van der Waals surface area contributed by atoms with E-state index in [1.165, 1.54) is 5.56 Å². The fourth-order valence-electron chi connectivity index (χ4n) is 5.72. The number of benzene rings is 6. The number of allylic oxidation sites excluding steroid dienone is 1. The Morgan fingerprint density at radius 3 is 1.62 bits per heavy atom. The van der Waals surface area contributed by atoms with Crippen molar-refractivity contribution in [3.05, 3.63) is 151 Å². The van der Waals surface area contributed by atoms with Crippen molar-refractivity contribution < 1.29 is 0 Å². The van der Waals surface area contributed by atoms with E-state index in [9.17, 15) is 0 Å². The molecule has 0 bridgehead atoms. The molecule has 0 saturated carbocycles. The van der Waals surface area contributed by atoms with Crippen LogP contribution in [0.15, 0.2) is 151 Å². The fourth-order valence-corrected chi connectivity index (χ4v) is 5.72. The minimum Gasteiger partial charge on any atom is -0.263 e. The van der Waals surface area contributed by atoms with Crippen LogP contribution in [0.2, 0.25) is 0 Å². The van der Waals surface area contributed by atoms with Crippen LogP contribution in [-0.4, -0.2) is 21.7 Å². The van der Waals surface area contributed by atoms with Crippen LogP contribution in [0.4, 0.5) is 5.69 Å². The number of hydrogen-bond donors (Lipinski definition) is 0. The Morgan fingerprint density at radius 1 is 0.489 bits per heavy atom. The molecule has 4 heteroatoms. The zero-order valence-corrected chi connectivity index (χ0v) is 24.9. The topological polar surface area (TPSA) is 51.0 Å². The molecule has 0 aliphatic heterocycles. The van der Waals surface area contributed by atoms with Crippen molar-refractivity contribution in [2.45, 2.75) is 6.92 Å². The molecule has 4 nitrogen and oxygen atoms in total. The summed E-state index contributed by atoms with van der Waals surface area (Å²) in [6.45, 7) is 5.87. The lowest BCUT2D eigenvalue weighted by atomic mass is 9.93. The van der Waals surface area contributed by atoms with Gasteiger partial charge in [-0.25, -0.2) is 15.0 Å². The van der Waals surface area contributed by atoms with E-state index >= 15 is 0 Å². The summed E-state index contributed by atoms with van der Waals surface area (Å²) in [7, 11) is 0. The Kier molecular flexibility index (Phi) is 7.61. The summed E-state index contributed by atoms with van der Waals surface area (Å²) in [4.78, 5) is 19.3. The van der Waals surface area contributed by atoms with E-state index in [4.69, 9.17) is 15.0 Å². The van der Waals surface area contributed by atoms with Crippen LogP contribution in [-0.2, 0) is 0 Å². The van der Waals surface area contributed by atoms with Crippen molar-refractivity contribution in [2.75, 3.05) is 0 Å². The lowest BCUT2D eigenvalue weighted by molar-refractivity contribution is 1.07. The van der Waals surface area contributed by atoms with Gasteiger partial charge in [-0.2, -0.15) is 0 Å². The summed E-state index contributed by atoms with van der Waals surface area (Å²) in [6, 6.07) is 47.8. The number of rotatable bonds is 7. The highest BCUT2D eigenvalue weighted by Crippen LogP contribution is 2.39. The molecule has 0 fully saturated rings. The quantitative estimate of drug-likeness (QED) is 0.177. The minimum absolute atomic E-state index is 0.621. The smallest absolute Gasteiger partial charge is 0.164 e. The summed E-state index contributed by atoms with van der Waals surface area (Å²) in [5.41, 5.74) is 9.20. The molecule has 1 heterocycles. The zero-order chi connectivity index (χ0) is 30.6. The number of aromatic nitrogens is 3. The molecule has 0 aliphatic carbocycles. The average Bonchev–Trinajstić information content (AvgIpc) is 3.12. The molecule has 214 valence electrons. The Morgan fingerprint density at radius 2 is 0.978 bits per heavy atom. The predicted molar refractivity (Wildman–Crippen MR) is 188 cm³/mol. The number of hydrogen-bond acceptors (Lipinski definition) is 4. The molecular formula is C41H30N4. The largest absolute Gasteiger partial charge is 0.263 e. The van der Waals surface area contributed by atoms with E-state index in [0.29, 0.717) is 17.5 Å². The van der Waals surface area contributed by atoms with Crippen LogP contribution in [0.5, 0.6) is 0 Å². The molecule has 45 heavy (non-hydrogen) atoms. The number of fused-ring (bicyclic) bond motifs is 1. The highest BCUT2D eigenvalue weighted by molar-refractivity contribution is 6.06. The molecular weight excluding hydrogens is 548 g/mol. The first-order valence-electron chi connectivity index (χ1n) is 14.9. The van der Waals surface area contributed by atoms with Crippen molar-refractivity contribution in [1.29, 1.82) is 0 Å². The van der Waals surface area contributed by atoms with Gasteiger partial charge < -0.3 is 0 Å². The molecule has 0 spiro atoms. The Labute approximate surface area is 263 Å². The lowest BCUT2D eigenvalue weighted by Gasteiger charge is -2.14. The van der Waals surface area contributed by atoms with Gasteiger partial charge in [0.15, 0.2) is 17.5 Å². The third-order valence-electron chi connectivity index (χ3n) is 7.90. The van der Waals surface area contributed by atoms with E-state index in [1.54, 1.807) is 0 Å². The van der Waals surface area contributed by atoms with Gasteiger partial charge in [0, 0.05) is 27.6 Å². The van der Waals surface area contributed by atoms with Crippen LogP contribution >= 0.6 is 0 Å². The molecule has 0 radical (unpaired) electrons. The van der Waals surface area contributed by atoms with Gasteiger partial charge in [0.1, 0.15) is 0 Å². The van der Waals surface area contributed by atoms with E-state index in [0.717, 1.165) is 55.4 Å². The van der Waals surface area contributed by atoms with Crippen molar-refractivity contribution in [2.24, 2.45) is 4.99 Å². The molecule has 7 rings (SSSR count). The molecule has 6 aromatic carbocycles. The van der Waals surface area contributed by atoms with Gasteiger partial charge in [-0.3, -0.25) is 4.99 Å². The van der Waals surface area contributed by atoms with Crippen molar-refractivity contribution in [3.63, 3.8) is 0 Å². The third kappa shape index (κ3) is 5.57. The van der Waals surface area contributed by atoms with Crippen LogP contribution in [0.25, 0.3) is 73.3 Å². The number of nitrogens with zero attached hydrogens (tertiary/aromatic N) is 4. The van der Waals surface area contributed by atoms with Gasteiger partial charge in [0.2, 0.25) is 0 Å². The van der Waals surface area contributed by atoms with Crippen LogP contribution in [0, 0.1) is 0 Å². The van der Waals surface area contributed by atoms with E-state index < -0.39 is 0 Å². The van der Waals surface area contributed by atoms with Crippen molar-refractivity contribution in [1.82, 2.24) is 15.0 Å². The number of aliphatic imine (C=N–C) groups is 1. The van der Waals surface area contributed by atoms with E-state index in [1.807, 2.05) is 55.5 Å². The second-order valence-corrected chi connectivity index (χ2v) is 10.8. The van der Waals surface area contributed by atoms with Gasteiger partial charge in [-0.05, 0) is 53.4 Å².